The highest BCUT2D eigenvalue weighted by Gasteiger charge is 2.34. The zero-order chi connectivity index (χ0) is 17.7. The molecule has 0 bridgehead atoms. The first-order valence-corrected chi connectivity index (χ1v) is 8.36. The molecule has 1 aromatic rings. The van der Waals surface area contributed by atoms with Crippen molar-refractivity contribution in [2.24, 2.45) is 0 Å². The van der Waals surface area contributed by atoms with Crippen molar-refractivity contribution in [1.82, 2.24) is 10.3 Å². The normalized spacial score (nSPS) is 21.3. The Bertz CT molecular complexity index is 557. The molecule has 1 aliphatic heterocycles. The number of pyridine rings is 1. The average molecular weight is 336 g/mol. The van der Waals surface area contributed by atoms with E-state index < -0.39 is 11.7 Å². The molecule has 0 aromatic carbocycles. The Morgan fingerprint density at radius 2 is 2.21 bits per heavy atom. The van der Waals surface area contributed by atoms with Crippen molar-refractivity contribution < 1.29 is 14.3 Å². The molecule has 7 nitrogen and oxygen atoms in total. The minimum absolute atomic E-state index is 0.0572. The van der Waals surface area contributed by atoms with E-state index in [9.17, 15) is 4.79 Å². The Labute approximate surface area is 143 Å². The summed E-state index contributed by atoms with van der Waals surface area (Å²) >= 11 is 0. The number of carbonyl (C=O) groups is 1. The number of hydrogen-bond acceptors (Lipinski definition) is 6. The highest BCUT2D eigenvalue weighted by atomic mass is 16.6. The van der Waals surface area contributed by atoms with Crippen LogP contribution in [0.5, 0.6) is 0 Å². The molecule has 1 saturated heterocycles. The van der Waals surface area contributed by atoms with E-state index in [-0.39, 0.29) is 12.1 Å². The zero-order valence-corrected chi connectivity index (χ0v) is 14.9. The van der Waals surface area contributed by atoms with E-state index in [1.165, 1.54) is 0 Å². The van der Waals surface area contributed by atoms with E-state index in [1.54, 1.807) is 23.4 Å². The Kier molecular flexibility index (Phi) is 6.01. The van der Waals surface area contributed by atoms with E-state index in [4.69, 9.17) is 15.2 Å². The van der Waals surface area contributed by atoms with Crippen LogP contribution in [0.25, 0.3) is 0 Å². The Morgan fingerprint density at radius 3 is 2.83 bits per heavy atom. The third-order valence-corrected chi connectivity index (χ3v) is 3.73. The van der Waals surface area contributed by atoms with E-state index in [1.807, 2.05) is 27.7 Å². The van der Waals surface area contributed by atoms with Crippen LogP contribution >= 0.6 is 0 Å². The van der Waals surface area contributed by atoms with E-state index in [2.05, 4.69) is 10.3 Å². The van der Waals surface area contributed by atoms with Gasteiger partial charge in [-0.05, 0) is 40.2 Å². The smallest absolute Gasteiger partial charge is 0.415 e. The van der Waals surface area contributed by atoms with Crippen molar-refractivity contribution in [2.75, 3.05) is 30.3 Å². The van der Waals surface area contributed by atoms with Gasteiger partial charge in [0.25, 0.3) is 0 Å². The van der Waals surface area contributed by atoms with Gasteiger partial charge in [0, 0.05) is 25.9 Å². The monoisotopic (exact) mass is 336 g/mol. The number of piperidine rings is 1. The molecular formula is C17H28N4O3. The summed E-state index contributed by atoms with van der Waals surface area (Å²) in [5.41, 5.74) is 6.53. The molecule has 0 spiro atoms. The Hall–Kier alpha value is -1.86. The molecule has 134 valence electrons. The molecule has 3 N–H and O–H groups in total. The largest absolute Gasteiger partial charge is 0.443 e. The molecule has 24 heavy (non-hydrogen) atoms. The quantitative estimate of drug-likeness (QED) is 0.876. The number of nitrogens with zero attached hydrogens (tertiary/aromatic N) is 2. The lowest BCUT2D eigenvalue weighted by molar-refractivity contribution is 0.0337. The third kappa shape index (κ3) is 4.82. The van der Waals surface area contributed by atoms with Gasteiger partial charge in [-0.2, -0.15) is 0 Å². The lowest BCUT2D eigenvalue weighted by atomic mass is 10.0. The van der Waals surface area contributed by atoms with Crippen LogP contribution in [-0.2, 0) is 9.47 Å². The van der Waals surface area contributed by atoms with Crippen molar-refractivity contribution in [3.63, 3.8) is 0 Å². The summed E-state index contributed by atoms with van der Waals surface area (Å²) in [4.78, 5) is 18.5. The molecule has 7 heteroatoms. The Balaban J connectivity index is 2.29. The van der Waals surface area contributed by atoms with Crippen LogP contribution in [0, 0.1) is 0 Å². The fraction of sp³-hybridized carbons (Fsp3) is 0.647. The minimum atomic E-state index is -0.585. The molecular weight excluding hydrogens is 308 g/mol. The summed E-state index contributed by atoms with van der Waals surface area (Å²) in [6.07, 6.45) is 3.54. The van der Waals surface area contributed by atoms with Crippen LogP contribution in [0.4, 0.5) is 16.2 Å². The molecule has 2 atom stereocenters. The number of ether oxygens (including phenoxy) is 2. The third-order valence-electron chi connectivity index (χ3n) is 3.73. The van der Waals surface area contributed by atoms with Crippen LogP contribution in [-0.4, -0.2) is 48.5 Å². The molecule has 1 fully saturated rings. The van der Waals surface area contributed by atoms with Gasteiger partial charge in [0.05, 0.1) is 29.7 Å². The summed E-state index contributed by atoms with van der Waals surface area (Å²) < 4.78 is 11.3. The summed E-state index contributed by atoms with van der Waals surface area (Å²) in [5.74, 6) is 0. The highest BCUT2D eigenvalue weighted by Crippen LogP contribution is 2.28. The number of nitrogens with one attached hydrogen (secondary N) is 1. The summed E-state index contributed by atoms with van der Waals surface area (Å²) in [6.45, 7) is 9.59. The van der Waals surface area contributed by atoms with Crippen molar-refractivity contribution >= 4 is 17.5 Å². The SMILES string of the molecule is CCO[C@H]1CNC[C@@H](N(C(=O)OC(C)(C)C)c2ccncc2N)C1. The summed E-state index contributed by atoms with van der Waals surface area (Å²) in [5, 5.41) is 3.33. The van der Waals surface area contributed by atoms with Gasteiger partial charge in [0.1, 0.15) is 5.60 Å². The van der Waals surface area contributed by atoms with Gasteiger partial charge >= 0.3 is 6.09 Å². The standard InChI is InChI=1S/C17H28N4O3/c1-5-23-13-8-12(9-20-10-13)21(16(22)24-17(2,3)4)15-6-7-19-11-14(15)18/h6-7,11-13,20H,5,8-10,18H2,1-4H3/t12-,13+/m0/s1. The number of aromatic nitrogens is 1. The number of anilines is 2. The first-order valence-electron chi connectivity index (χ1n) is 8.36. The second-order valence-corrected chi connectivity index (χ2v) is 6.91. The van der Waals surface area contributed by atoms with Crippen molar-refractivity contribution in [1.29, 1.82) is 0 Å². The molecule has 2 heterocycles. The minimum Gasteiger partial charge on any atom is -0.443 e. The number of amides is 1. The maximum Gasteiger partial charge on any atom is 0.415 e. The maximum absolute atomic E-state index is 12.8. The number of rotatable bonds is 4. The topological polar surface area (TPSA) is 89.7 Å². The number of carbonyl (C=O) groups excluding carboxylic acids is 1. The van der Waals surface area contributed by atoms with Gasteiger partial charge in [0.2, 0.25) is 0 Å². The van der Waals surface area contributed by atoms with Gasteiger partial charge in [-0.15, -0.1) is 0 Å². The van der Waals surface area contributed by atoms with Gasteiger partial charge in [-0.1, -0.05) is 0 Å². The van der Waals surface area contributed by atoms with Crippen LogP contribution in [0.2, 0.25) is 0 Å². The van der Waals surface area contributed by atoms with E-state index in [0.717, 1.165) is 13.0 Å². The van der Waals surface area contributed by atoms with Gasteiger partial charge in [-0.25, -0.2) is 4.79 Å². The Morgan fingerprint density at radius 1 is 1.46 bits per heavy atom. The number of nitrogen functional groups attached to an aromatic ring is 1. The highest BCUT2D eigenvalue weighted by molar-refractivity contribution is 5.92. The second kappa shape index (κ2) is 7.81. The number of hydrogen-bond donors (Lipinski definition) is 2. The molecule has 0 saturated carbocycles. The lowest BCUT2D eigenvalue weighted by Gasteiger charge is -2.38. The molecule has 1 amide bonds. The first kappa shape index (κ1) is 18.5. The van der Waals surface area contributed by atoms with Gasteiger partial charge < -0.3 is 20.5 Å². The molecule has 0 unspecified atom stereocenters. The predicted octanol–water partition coefficient (Wildman–Crippen LogP) is 2.17. The van der Waals surface area contributed by atoms with Gasteiger partial charge in [0.15, 0.2) is 0 Å². The van der Waals surface area contributed by atoms with E-state index in [0.29, 0.717) is 24.5 Å². The van der Waals surface area contributed by atoms with Crippen LogP contribution < -0.4 is 16.0 Å². The summed E-state index contributed by atoms with van der Waals surface area (Å²) in [7, 11) is 0. The molecule has 0 radical (unpaired) electrons. The molecule has 2 rings (SSSR count). The second-order valence-electron chi connectivity index (χ2n) is 6.91. The van der Waals surface area contributed by atoms with Crippen molar-refractivity contribution in [3.8, 4) is 0 Å². The van der Waals surface area contributed by atoms with Crippen LogP contribution in [0.3, 0.4) is 0 Å². The van der Waals surface area contributed by atoms with Crippen molar-refractivity contribution in [2.45, 2.75) is 51.9 Å². The summed E-state index contributed by atoms with van der Waals surface area (Å²) in [6, 6.07) is 1.64. The molecule has 0 aliphatic carbocycles. The lowest BCUT2D eigenvalue weighted by Crippen LogP contribution is -2.54. The average Bonchev–Trinajstić information content (AvgIpc) is 2.48. The first-order chi connectivity index (χ1) is 11.3. The fourth-order valence-corrected chi connectivity index (χ4v) is 2.81. The number of nitrogens with two attached hydrogens (primary N) is 1. The molecule has 1 aromatic heterocycles. The fourth-order valence-electron chi connectivity index (χ4n) is 2.81. The van der Waals surface area contributed by atoms with E-state index >= 15 is 0 Å². The maximum atomic E-state index is 12.8. The molecule has 1 aliphatic rings. The van der Waals surface area contributed by atoms with Crippen LogP contribution in [0.1, 0.15) is 34.1 Å². The zero-order valence-electron chi connectivity index (χ0n) is 14.9. The van der Waals surface area contributed by atoms with Crippen molar-refractivity contribution in [3.05, 3.63) is 18.5 Å². The van der Waals surface area contributed by atoms with Gasteiger partial charge in [-0.3, -0.25) is 9.88 Å². The van der Waals surface area contributed by atoms with Crippen LogP contribution in [0.15, 0.2) is 18.5 Å². The predicted molar refractivity (Wildman–Crippen MR) is 94.1 cm³/mol.